The molecule has 9 nitrogen and oxygen atoms in total. The molecule has 0 amide bonds. The Kier molecular flexibility index (Phi) is 4.20. The van der Waals surface area contributed by atoms with Gasteiger partial charge in [0.2, 0.25) is 0 Å². The van der Waals surface area contributed by atoms with Crippen molar-refractivity contribution in [3.63, 3.8) is 0 Å². The molecule has 3 aromatic heterocycles. The zero-order chi connectivity index (χ0) is 20.7. The van der Waals surface area contributed by atoms with Crippen LogP contribution in [0.4, 0.5) is 0 Å². The van der Waals surface area contributed by atoms with Gasteiger partial charge >= 0.3 is 0 Å². The molecule has 9 heteroatoms. The second-order valence-electron chi connectivity index (χ2n) is 6.93. The Bertz CT molecular complexity index is 1360. The van der Waals surface area contributed by atoms with Gasteiger partial charge in [0.25, 0.3) is 0 Å². The summed E-state index contributed by atoms with van der Waals surface area (Å²) in [7, 11) is 0. The largest absolute Gasteiger partial charge is 0.494 e. The molecule has 5 aromatic rings. The first-order chi connectivity index (χ1) is 14.6. The normalized spacial score (nSPS) is 11.4. The number of imidazole rings is 3. The molecule has 0 aliphatic heterocycles. The Labute approximate surface area is 171 Å². The monoisotopic (exact) mass is 400 g/mol. The van der Waals surface area contributed by atoms with E-state index < -0.39 is 0 Å². The van der Waals surface area contributed by atoms with E-state index >= 15 is 0 Å². The molecule has 5 N–H and O–H groups in total. The van der Waals surface area contributed by atoms with Gasteiger partial charge in [-0.05, 0) is 25.1 Å². The molecule has 0 unspecified atom stereocenters. The first-order valence-electron chi connectivity index (χ1n) is 9.57. The number of rotatable bonds is 6. The van der Waals surface area contributed by atoms with Crippen molar-refractivity contribution in [1.29, 1.82) is 5.41 Å². The van der Waals surface area contributed by atoms with Crippen molar-refractivity contribution in [2.75, 3.05) is 6.61 Å². The van der Waals surface area contributed by atoms with Crippen LogP contribution in [0.2, 0.25) is 0 Å². The first-order valence-corrected chi connectivity index (χ1v) is 9.57. The van der Waals surface area contributed by atoms with Crippen LogP contribution in [0.1, 0.15) is 24.1 Å². The number of hydrogen-bond donors (Lipinski definition) is 4. The number of ether oxygens (including phenoxy) is 1. The fourth-order valence-corrected chi connectivity index (χ4v) is 3.53. The van der Waals surface area contributed by atoms with Gasteiger partial charge in [0.15, 0.2) is 0 Å². The highest BCUT2D eigenvalue weighted by Crippen LogP contribution is 2.27. The summed E-state index contributed by atoms with van der Waals surface area (Å²) in [6.07, 6.45) is 5.86. The van der Waals surface area contributed by atoms with Crippen molar-refractivity contribution >= 4 is 27.9 Å². The fourth-order valence-electron chi connectivity index (χ4n) is 3.53. The van der Waals surface area contributed by atoms with E-state index in [9.17, 15) is 0 Å². The highest BCUT2D eigenvalue weighted by Gasteiger charge is 2.14. The molecular formula is C21H20N8O. The quantitative estimate of drug-likeness (QED) is 0.257. The maximum absolute atomic E-state index is 7.60. The Balaban J connectivity index is 1.54. The van der Waals surface area contributed by atoms with Crippen molar-refractivity contribution in [1.82, 2.24) is 29.5 Å². The summed E-state index contributed by atoms with van der Waals surface area (Å²) in [6, 6.07) is 9.40. The van der Waals surface area contributed by atoms with Crippen LogP contribution < -0.4 is 10.5 Å². The second-order valence-corrected chi connectivity index (χ2v) is 6.93. The Hall–Kier alpha value is -4.14. The third-order valence-corrected chi connectivity index (χ3v) is 4.86. The van der Waals surface area contributed by atoms with E-state index in [1.165, 1.54) is 0 Å². The lowest BCUT2D eigenvalue weighted by Crippen LogP contribution is -2.10. The minimum absolute atomic E-state index is 0.0301. The Morgan fingerprint density at radius 2 is 1.97 bits per heavy atom. The lowest BCUT2D eigenvalue weighted by molar-refractivity contribution is 0.340. The van der Waals surface area contributed by atoms with E-state index in [1.54, 1.807) is 18.6 Å². The van der Waals surface area contributed by atoms with Crippen LogP contribution in [0.15, 0.2) is 49.1 Å². The number of nitrogen functional groups attached to an aromatic ring is 1. The van der Waals surface area contributed by atoms with Crippen LogP contribution in [0.5, 0.6) is 5.75 Å². The number of aromatic nitrogens is 6. The third kappa shape index (κ3) is 3.16. The Morgan fingerprint density at radius 1 is 1.13 bits per heavy atom. The molecule has 0 saturated heterocycles. The van der Waals surface area contributed by atoms with Crippen LogP contribution in [0.25, 0.3) is 27.8 Å². The van der Waals surface area contributed by atoms with Crippen molar-refractivity contribution < 1.29 is 4.74 Å². The van der Waals surface area contributed by atoms with E-state index in [4.69, 9.17) is 20.9 Å². The van der Waals surface area contributed by atoms with Crippen LogP contribution in [-0.2, 0) is 6.42 Å². The fraction of sp³-hybridized carbons (Fsp3) is 0.143. The van der Waals surface area contributed by atoms with E-state index in [2.05, 4.69) is 19.9 Å². The topological polar surface area (TPSA) is 134 Å². The standard InChI is InChI=1S/C21H20N8O/c1-2-30-13-8-16-20(17(9-13)29-6-5-24-11-29)28-19(27-16)10-18-25-14-4-3-12(21(22)23)7-15(14)26-18/h3-9,11H,2,10H2,1H3,(H3,22,23)(H,25,26)(H,27,28). The summed E-state index contributed by atoms with van der Waals surface area (Å²) < 4.78 is 7.64. The summed E-state index contributed by atoms with van der Waals surface area (Å²) in [5, 5.41) is 7.60. The molecule has 0 bridgehead atoms. The zero-order valence-electron chi connectivity index (χ0n) is 16.3. The number of H-pyrrole nitrogens is 2. The van der Waals surface area contributed by atoms with E-state index in [0.29, 0.717) is 18.6 Å². The van der Waals surface area contributed by atoms with E-state index in [0.717, 1.165) is 45.2 Å². The highest BCUT2D eigenvalue weighted by molar-refractivity contribution is 5.98. The number of fused-ring (bicyclic) bond motifs is 2. The van der Waals surface area contributed by atoms with Crippen molar-refractivity contribution in [3.8, 4) is 11.4 Å². The van der Waals surface area contributed by atoms with Gasteiger partial charge in [0.05, 0.1) is 41.6 Å². The summed E-state index contributed by atoms with van der Waals surface area (Å²) in [5.41, 5.74) is 10.5. The minimum Gasteiger partial charge on any atom is -0.494 e. The number of hydrogen-bond acceptors (Lipinski definition) is 5. The SMILES string of the molecule is CCOc1cc(-n2ccnc2)c2nc(Cc3nc4ccc(C(=N)N)cc4[nH]3)[nH]c2c1. The van der Waals surface area contributed by atoms with Crippen LogP contribution >= 0.6 is 0 Å². The molecule has 2 aromatic carbocycles. The number of amidine groups is 1. The summed E-state index contributed by atoms with van der Waals surface area (Å²) in [5.74, 6) is 2.36. The summed E-state index contributed by atoms with van der Waals surface area (Å²) in [6.45, 7) is 2.54. The molecule has 0 fully saturated rings. The van der Waals surface area contributed by atoms with Crippen molar-refractivity contribution in [3.05, 3.63) is 66.3 Å². The summed E-state index contributed by atoms with van der Waals surface area (Å²) >= 11 is 0. The molecule has 5 rings (SSSR count). The van der Waals surface area contributed by atoms with Gasteiger partial charge in [-0.25, -0.2) is 15.0 Å². The van der Waals surface area contributed by atoms with Gasteiger partial charge < -0.3 is 25.0 Å². The average molecular weight is 400 g/mol. The van der Waals surface area contributed by atoms with Gasteiger partial charge in [-0.1, -0.05) is 0 Å². The van der Waals surface area contributed by atoms with Crippen LogP contribution in [0.3, 0.4) is 0 Å². The number of nitrogens with zero attached hydrogens (tertiary/aromatic N) is 4. The Morgan fingerprint density at radius 3 is 2.73 bits per heavy atom. The molecule has 30 heavy (non-hydrogen) atoms. The van der Waals surface area contributed by atoms with Crippen LogP contribution in [0, 0.1) is 5.41 Å². The smallest absolute Gasteiger partial charge is 0.123 e. The van der Waals surface area contributed by atoms with E-state index in [1.807, 2.05) is 42.0 Å². The molecule has 0 saturated carbocycles. The van der Waals surface area contributed by atoms with Gasteiger partial charge in [-0.2, -0.15) is 0 Å². The second kappa shape index (κ2) is 7.03. The molecule has 0 aliphatic rings. The van der Waals surface area contributed by atoms with Crippen molar-refractivity contribution in [2.24, 2.45) is 5.73 Å². The van der Waals surface area contributed by atoms with Gasteiger partial charge in [0.1, 0.15) is 28.8 Å². The number of nitrogens with two attached hydrogens (primary N) is 1. The molecule has 0 atom stereocenters. The predicted molar refractivity (Wildman–Crippen MR) is 114 cm³/mol. The molecule has 0 aliphatic carbocycles. The molecule has 0 spiro atoms. The van der Waals surface area contributed by atoms with Gasteiger partial charge in [-0.3, -0.25) is 5.41 Å². The number of benzene rings is 2. The number of nitrogens with one attached hydrogen (secondary N) is 3. The van der Waals surface area contributed by atoms with E-state index in [-0.39, 0.29) is 5.84 Å². The predicted octanol–water partition coefficient (Wildman–Crippen LogP) is 2.90. The molecule has 150 valence electrons. The first kappa shape index (κ1) is 17.9. The lowest BCUT2D eigenvalue weighted by Gasteiger charge is -2.07. The molecule has 0 radical (unpaired) electrons. The highest BCUT2D eigenvalue weighted by atomic mass is 16.5. The average Bonchev–Trinajstić information content (AvgIpc) is 3.46. The zero-order valence-corrected chi connectivity index (χ0v) is 16.3. The third-order valence-electron chi connectivity index (χ3n) is 4.86. The summed E-state index contributed by atoms with van der Waals surface area (Å²) in [4.78, 5) is 20.3. The lowest BCUT2D eigenvalue weighted by atomic mass is 10.2. The van der Waals surface area contributed by atoms with Gasteiger partial charge in [-0.15, -0.1) is 0 Å². The number of aromatic amines is 2. The van der Waals surface area contributed by atoms with Crippen molar-refractivity contribution in [2.45, 2.75) is 13.3 Å². The van der Waals surface area contributed by atoms with Crippen LogP contribution in [-0.4, -0.2) is 41.9 Å². The molecular weight excluding hydrogens is 380 g/mol. The maximum atomic E-state index is 7.60. The minimum atomic E-state index is 0.0301. The maximum Gasteiger partial charge on any atom is 0.123 e. The van der Waals surface area contributed by atoms with Gasteiger partial charge in [0, 0.05) is 30.1 Å². The molecule has 3 heterocycles.